The Hall–Kier alpha value is -3.03. The molecule has 28 heavy (non-hydrogen) atoms. The SMILES string of the molecule is CNCc1cnc2n1-c1ccc([N+](=O)[O-])cc1C(c1ccccc1Cl)=NC2C. The third-order valence-corrected chi connectivity index (χ3v) is 5.06. The second-order valence-electron chi connectivity index (χ2n) is 6.57. The first kappa shape index (κ1) is 18.3. The summed E-state index contributed by atoms with van der Waals surface area (Å²) in [6, 6.07) is 12.0. The van der Waals surface area contributed by atoms with Crippen LogP contribution in [0.25, 0.3) is 5.69 Å². The molecule has 142 valence electrons. The van der Waals surface area contributed by atoms with Crippen molar-refractivity contribution >= 4 is 23.0 Å². The molecule has 2 aromatic carbocycles. The standard InChI is InChI=1S/C20H18ClN5O2/c1-12-20-23-11-14(10-22-2)25(20)18-8-7-13(26(27)28)9-16(18)19(24-12)15-5-3-4-6-17(15)21/h3-9,11-12,22H,10H2,1-2H3. The van der Waals surface area contributed by atoms with E-state index in [0.29, 0.717) is 22.8 Å². The molecule has 2 heterocycles. The van der Waals surface area contributed by atoms with Gasteiger partial charge in [0.25, 0.3) is 5.69 Å². The van der Waals surface area contributed by atoms with Crippen LogP contribution in [-0.2, 0) is 6.54 Å². The van der Waals surface area contributed by atoms with Gasteiger partial charge in [0.05, 0.1) is 28.2 Å². The van der Waals surface area contributed by atoms with Crippen molar-refractivity contribution < 1.29 is 4.92 Å². The Labute approximate surface area is 166 Å². The number of non-ortho nitro benzene ring substituents is 1. The number of benzene rings is 2. The van der Waals surface area contributed by atoms with E-state index in [1.54, 1.807) is 18.2 Å². The first-order valence-electron chi connectivity index (χ1n) is 8.84. The van der Waals surface area contributed by atoms with Crippen molar-refractivity contribution in [3.05, 3.63) is 86.4 Å². The summed E-state index contributed by atoms with van der Waals surface area (Å²) in [6.45, 7) is 2.57. The van der Waals surface area contributed by atoms with Crippen molar-refractivity contribution in [2.75, 3.05) is 7.05 Å². The summed E-state index contributed by atoms with van der Waals surface area (Å²) >= 11 is 6.45. The van der Waals surface area contributed by atoms with Crippen molar-refractivity contribution in [2.45, 2.75) is 19.5 Å². The highest BCUT2D eigenvalue weighted by Crippen LogP contribution is 2.34. The maximum absolute atomic E-state index is 11.4. The molecule has 0 bridgehead atoms. The largest absolute Gasteiger partial charge is 0.314 e. The number of hydrogen-bond donors (Lipinski definition) is 1. The molecule has 3 aromatic rings. The lowest BCUT2D eigenvalue weighted by Crippen LogP contribution is -2.14. The Kier molecular flexibility index (Phi) is 4.70. The molecular weight excluding hydrogens is 378 g/mol. The van der Waals surface area contributed by atoms with Crippen molar-refractivity contribution in [3.8, 4) is 5.69 Å². The van der Waals surface area contributed by atoms with Crippen LogP contribution in [0, 0.1) is 10.1 Å². The van der Waals surface area contributed by atoms with Gasteiger partial charge in [0.1, 0.15) is 11.9 Å². The lowest BCUT2D eigenvalue weighted by atomic mass is 9.99. The molecule has 8 heteroatoms. The van der Waals surface area contributed by atoms with Gasteiger partial charge < -0.3 is 5.32 Å². The van der Waals surface area contributed by atoms with E-state index in [9.17, 15) is 10.1 Å². The maximum Gasteiger partial charge on any atom is 0.270 e. The lowest BCUT2D eigenvalue weighted by molar-refractivity contribution is -0.384. The Morgan fingerprint density at radius 2 is 2.04 bits per heavy atom. The van der Waals surface area contributed by atoms with Gasteiger partial charge in [0, 0.05) is 34.8 Å². The summed E-state index contributed by atoms with van der Waals surface area (Å²) in [6.07, 6.45) is 1.81. The molecule has 1 aliphatic heterocycles. The molecule has 0 radical (unpaired) electrons. The number of nitro groups is 1. The number of nitrogens with zero attached hydrogens (tertiary/aromatic N) is 4. The Morgan fingerprint density at radius 1 is 1.25 bits per heavy atom. The zero-order valence-corrected chi connectivity index (χ0v) is 16.1. The maximum atomic E-state index is 11.4. The Morgan fingerprint density at radius 3 is 2.75 bits per heavy atom. The van der Waals surface area contributed by atoms with Crippen LogP contribution in [0.5, 0.6) is 0 Å². The lowest BCUT2D eigenvalue weighted by Gasteiger charge is -2.15. The summed E-state index contributed by atoms with van der Waals surface area (Å²) in [5, 5.41) is 15.1. The molecule has 1 atom stereocenters. The van der Waals surface area contributed by atoms with Gasteiger partial charge in [-0.2, -0.15) is 0 Å². The number of aliphatic imine (C=N–C) groups is 1. The summed E-state index contributed by atoms with van der Waals surface area (Å²) in [7, 11) is 1.86. The summed E-state index contributed by atoms with van der Waals surface area (Å²) < 4.78 is 2.02. The first-order chi connectivity index (χ1) is 13.5. The van der Waals surface area contributed by atoms with Crippen LogP contribution in [0.3, 0.4) is 0 Å². The number of rotatable bonds is 4. The number of nitrogens with one attached hydrogen (secondary N) is 1. The number of halogens is 1. The highest BCUT2D eigenvalue weighted by molar-refractivity contribution is 6.35. The first-order valence-corrected chi connectivity index (χ1v) is 9.22. The second kappa shape index (κ2) is 7.18. The van der Waals surface area contributed by atoms with Crippen molar-refractivity contribution in [1.82, 2.24) is 14.9 Å². The molecule has 7 nitrogen and oxygen atoms in total. The molecule has 0 amide bonds. The van der Waals surface area contributed by atoms with Crippen LogP contribution < -0.4 is 5.32 Å². The van der Waals surface area contributed by atoms with Crippen molar-refractivity contribution in [2.24, 2.45) is 4.99 Å². The molecule has 1 N–H and O–H groups in total. The van der Waals surface area contributed by atoms with Crippen molar-refractivity contribution in [3.63, 3.8) is 0 Å². The predicted octanol–water partition coefficient (Wildman–Crippen LogP) is 4.07. The molecule has 0 saturated carbocycles. The quantitative estimate of drug-likeness (QED) is 0.533. The van der Waals surface area contributed by atoms with Crippen LogP contribution in [0.1, 0.15) is 35.6 Å². The highest BCUT2D eigenvalue weighted by Gasteiger charge is 2.27. The third kappa shape index (κ3) is 2.98. The highest BCUT2D eigenvalue weighted by atomic mass is 35.5. The zero-order chi connectivity index (χ0) is 19.8. The predicted molar refractivity (Wildman–Crippen MR) is 108 cm³/mol. The van der Waals surface area contributed by atoms with E-state index in [1.165, 1.54) is 6.07 Å². The molecule has 4 rings (SSSR count). The number of aromatic nitrogens is 2. The van der Waals surface area contributed by atoms with Gasteiger partial charge in [-0.25, -0.2) is 4.98 Å². The van der Waals surface area contributed by atoms with E-state index in [1.807, 2.05) is 42.9 Å². The number of nitro benzene ring substituents is 1. The molecule has 1 unspecified atom stereocenters. The summed E-state index contributed by atoms with van der Waals surface area (Å²) in [5.41, 5.74) is 3.77. The van der Waals surface area contributed by atoms with E-state index in [2.05, 4.69) is 10.3 Å². The normalized spacial score (nSPS) is 15.4. The molecule has 1 aliphatic rings. The smallest absolute Gasteiger partial charge is 0.270 e. The van der Waals surface area contributed by atoms with Gasteiger partial charge in [-0.15, -0.1) is 0 Å². The minimum atomic E-state index is -0.401. The van der Waals surface area contributed by atoms with E-state index in [4.69, 9.17) is 16.6 Å². The van der Waals surface area contributed by atoms with Gasteiger partial charge in [0.15, 0.2) is 0 Å². The fourth-order valence-corrected chi connectivity index (χ4v) is 3.72. The summed E-state index contributed by atoms with van der Waals surface area (Å²) in [5.74, 6) is 0.780. The minimum Gasteiger partial charge on any atom is -0.314 e. The molecule has 0 saturated heterocycles. The van der Waals surface area contributed by atoms with E-state index >= 15 is 0 Å². The van der Waals surface area contributed by atoms with Crippen LogP contribution in [0.4, 0.5) is 5.69 Å². The van der Waals surface area contributed by atoms with Crippen LogP contribution in [0.2, 0.25) is 5.02 Å². The van der Waals surface area contributed by atoms with Gasteiger partial charge in [0.2, 0.25) is 0 Å². The topological polar surface area (TPSA) is 85.3 Å². The van der Waals surface area contributed by atoms with Gasteiger partial charge >= 0.3 is 0 Å². The van der Waals surface area contributed by atoms with Crippen LogP contribution in [0.15, 0.2) is 53.7 Å². The monoisotopic (exact) mass is 395 g/mol. The zero-order valence-electron chi connectivity index (χ0n) is 15.4. The Balaban J connectivity index is 2.04. The number of imidazole rings is 1. The van der Waals surface area contributed by atoms with Gasteiger partial charge in [-0.1, -0.05) is 29.8 Å². The number of hydrogen-bond acceptors (Lipinski definition) is 5. The van der Waals surface area contributed by atoms with Crippen molar-refractivity contribution in [1.29, 1.82) is 0 Å². The number of fused-ring (bicyclic) bond motifs is 3. The molecule has 0 fully saturated rings. The molecular formula is C20H18ClN5O2. The minimum absolute atomic E-state index is 0.00453. The van der Waals surface area contributed by atoms with Gasteiger partial charge in [-0.05, 0) is 26.1 Å². The van der Waals surface area contributed by atoms with Crippen LogP contribution in [-0.4, -0.2) is 27.2 Å². The molecule has 0 aliphatic carbocycles. The third-order valence-electron chi connectivity index (χ3n) is 4.73. The second-order valence-corrected chi connectivity index (χ2v) is 6.97. The van der Waals surface area contributed by atoms with E-state index in [-0.39, 0.29) is 11.7 Å². The average Bonchev–Trinajstić information content (AvgIpc) is 3.05. The van der Waals surface area contributed by atoms with Crippen LogP contribution >= 0.6 is 11.6 Å². The summed E-state index contributed by atoms with van der Waals surface area (Å²) in [4.78, 5) is 20.5. The average molecular weight is 396 g/mol. The fourth-order valence-electron chi connectivity index (χ4n) is 3.49. The van der Waals surface area contributed by atoms with E-state index in [0.717, 1.165) is 22.8 Å². The molecule has 1 aromatic heterocycles. The van der Waals surface area contributed by atoms with E-state index < -0.39 is 4.92 Å². The molecule has 0 spiro atoms. The van der Waals surface area contributed by atoms with Gasteiger partial charge in [-0.3, -0.25) is 19.7 Å². The Bertz CT molecular complexity index is 1110. The fraction of sp³-hybridized carbons (Fsp3) is 0.200.